The van der Waals surface area contributed by atoms with Gasteiger partial charge in [0, 0.05) is 10.3 Å². The van der Waals surface area contributed by atoms with Crippen LogP contribution in [0.2, 0.25) is 0 Å². The van der Waals surface area contributed by atoms with Crippen molar-refractivity contribution in [1.29, 1.82) is 0 Å². The summed E-state index contributed by atoms with van der Waals surface area (Å²) in [7, 11) is 0. The highest BCUT2D eigenvalue weighted by molar-refractivity contribution is 8.00. The van der Waals surface area contributed by atoms with E-state index in [0.717, 1.165) is 17.7 Å². The van der Waals surface area contributed by atoms with Gasteiger partial charge in [0.25, 0.3) is 0 Å². The number of hydrogen-bond acceptors (Lipinski definition) is 3. The Balaban J connectivity index is 2.18. The molecule has 1 saturated carbocycles. The third-order valence-corrected chi connectivity index (χ3v) is 7.22. The summed E-state index contributed by atoms with van der Waals surface area (Å²) in [6.07, 6.45) is 5.27. The number of allylic oxidation sites excluding steroid dienone is 1. The molecule has 144 valence electrons. The molecule has 1 aliphatic rings. The summed E-state index contributed by atoms with van der Waals surface area (Å²) < 4.78 is 6.15. The van der Waals surface area contributed by atoms with Gasteiger partial charge in [-0.05, 0) is 42.7 Å². The van der Waals surface area contributed by atoms with E-state index in [0.29, 0.717) is 17.8 Å². The Labute approximate surface area is 163 Å². The molecule has 26 heavy (non-hydrogen) atoms. The molecule has 0 bridgehead atoms. The number of rotatable bonds is 7. The number of thioether (sulfide) groups is 1. The van der Waals surface area contributed by atoms with E-state index in [1.54, 1.807) is 11.8 Å². The van der Waals surface area contributed by atoms with Crippen molar-refractivity contribution >= 4 is 17.7 Å². The molecule has 0 amide bonds. The highest BCUT2D eigenvalue weighted by atomic mass is 32.2. The van der Waals surface area contributed by atoms with Crippen molar-refractivity contribution in [3.63, 3.8) is 0 Å². The van der Waals surface area contributed by atoms with Crippen LogP contribution in [0.25, 0.3) is 0 Å². The summed E-state index contributed by atoms with van der Waals surface area (Å²) in [5, 5.41) is -0.299. The van der Waals surface area contributed by atoms with Crippen molar-refractivity contribution in [2.45, 2.75) is 70.1 Å². The van der Waals surface area contributed by atoms with Gasteiger partial charge in [0.2, 0.25) is 0 Å². The molecule has 0 radical (unpaired) electrons. The predicted octanol–water partition coefficient (Wildman–Crippen LogP) is 6.36. The van der Waals surface area contributed by atoms with Gasteiger partial charge in [-0.25, -0.2) is 0 Å². The maximum Gasteiger partial charge on any atom is 0.320 e. The lowest BCUT2D eigenvalue weighted by molar-refractivity contribution is -0.156. The van der Waals surface area contributed by atoms with E-state index in [9.17, 15) is 4.79 Å². The monoisotopic (exact) mass is 374 g/mol. The van der Waals surface area contributed by atoms with Crippen LogP contribution in [-0.2, 0) is 9.53 Å². The number of carbonyl (C=O) groups excluding carboxylic acids is 1. The molecule has 0 spiro atoms. The summed E-state index contributed by atoms with van der Waals surface area (Å²) in [5.74, 6) is 1.52. The van der Waals surface area contributed by atoms with E-state index < -0.39 is 0 Å². The van der Waals surface area contributed by atoms with Crippen LogP contribution in [0, 0.1) is 23.2 Å². The second kappa shape index (κ2) is 9.12. The van der Waals surface area contributed by atoms with Gasteiger partial charge < -0.3 is 4.74 Å². The lowest BCUT2D eigenvalue weighted by Gasteiger charge is -2.38. The van der Waals surface area contributed by atoms with Crippen LogP contribution < -0.4 is 0 Å². The van der Waals surface area contributed by atoms with Gasteiger partial charge >= 0.3 is 5.97 Å². The van der Waals surface area contributed by atoms with Crippen molar-refractivity contribution in [2.75, 3.05) is 0 Å². The fourth-order valence-corrected chi connectivity index (χ4v) is 4.85. The molecule has 2 rings (SSSR count). The number of carbonyl (C=O) groups is 1. The standard InChI is InChI=1S/C23H34O2S/c1-7-23(5,6)21(26-18-11-9-8-10-12-18)22(24)25-20-15-17(4)13-14-19(20)16(2)3/h7-12,16-17,19-21H,1,13-15H2,2-6H3/t17?,19?,20?,21-/m0/s1. The van der Waals surface area contributed by atoms with Crippen molar-refractivity contribution in [3.8, 4) is 0 Å². The Morgan fingerprint density at radius 3 is 2.50 bits per heavy atom. The number of hydrogen-bond donors (Lipinski definition) is 0. The minimum atomic E-state index is -0.342. The summed E-state index contributed by atoms with van der Waals surface area (Å²) in [4.78, 5) is 14.3. The first kappa shape index (κ1) is 21.1. The maximum absolute atomic E-state index is 13.2. The molecule has 1 aliphatic carbocycles. The van der Waals surface area contributed by atoms with E-state index in [2.05, 4.69) is 41.2 Å². The first-order valence-corrected chi connectivity index (χ1v) is 10.7. The molecule has 3 unspecified atom stereocenters. The number of esters is 1. The van der Waals surface area contributed by atoms with Crippen molar-refractivity contribution in [2.24, 2.45) is 23.2 Å². The van der Waals surface area contributed by atoms with Crippen LogP contribution >= 0.6 is 11.8 Å². The van der Waals surface area contributed by atoms with E-state index in [1.807, 2.05) is 36.4 Å². The molecule has 1 fully saturated rings. The zero-order valence-electron chi connectivity index (χ0n) is 16.9. The second-order valence-corrected chi connectivity index (χ2v) is 9.82. The summed E-state index contributed by atoms with van der Waals surface area (Å²) in [5.41, 5.74) is -0.342. The zero-order valence-corrected chi connectivity index (χ0v) is 17.7. The topological polar surface area (TPSA) is 26.3 Å². The predicted molar refractivity (Wildman–Crippen MR) is 111 cm³/mol. The van der Waals surface area contributed by atoms with Crippen LogP contribution in [0.3, 0.4) is 0 Å². The Morgan fingerprint density at radius 2 is 1.92 bits per heavy atom. The minimum absolute atomic E-state index is 0.0331. The Morgan fingerprint density at radius 1 is 1.27 bits per heavy atom. The Hall–Kier alpha value is -1.22. The molecule has 2 nitrogen and oxygen atoms in total. The van der Waals surface area contributed by atoms with Crippen LogP contribution in [0.4, 0.5) is 0 Å². The van der Waals surface area contributed by atoms with E-state index in [1.165, 1.54) is 6.42 Å². The summed E-state index contributed by atoms with van der Waals surface area (Å²) in [6, 6.07) is 10.1. The quantitative estimate of drug-likeness (QED) is 0.315. The van der Waals surface area contributed by atoms with Crippen LogP contribution in [0.1, 0.15) is 53.9 Å². The van der Waals surface area contributed by atoms with Gasteiger partial charge in [-0.15, -0.1) is 18.3 Å². The third-order valence-electron chi connectivity index (χ3n) is 5.64. The minimum Gasteiger partial charge on any atom is -0.461 e. The fraction of sp³-hybridized carbons (Fsp3) is 0.609. The van der Waals surface area contributed by atoms with Crippen LogP contribution in [0.15, 0.2) is 47.9 Å². The smallest absolute Gasteiger partial charge is 0.320 e. The highest BCUT2D eigenvalue weighted by Gasteiger charge is 2.39. The molecule has 1 aromatic rings. The first-order valence-electron chi connectivity index (χ1n) is 9.80. The third kappa shape index (κ3) is 5.39. The second-order valence-electron chi connectivity index (χ2n) is 8.64. The highest BCUT2D eigenvalue weighted by Crippen LogP contribution is 2.40. The lowest BCUT2D eigenvalue weighted by atomic mass is 9.75. The van der Waals surface area contributed by atoms with Crippen molar-refractivity contribution < 1.29 is 9.53 Å². The molecule has 0 saturated heterocycles. The van der Waals surface area contributed by atoms with Gasteiger partial charge in [-0.2, -0.15) is 0 Å². The average Bonchev–Trinajstić information content (AvgIpc) is 2.60. The van der Waals surface area contributed by atoms with Gasteiger partial charge in [0.15, 0.2) is 0 Å². The van der Waals surface area contributed by atoms with Crippen molar-refractivity contribution in [3.05, 3.63) is 43.0 Å². The van der Waals surface area contributed by atoms with Gasteiger partial charge in [0.05, 0.1) is 0 Å². The van der Waals surface area contributed by atoms with E-state index >= 15 is 0 Å². The normalized spacial score (nSPS) is 24.9. The van der Waals surface area contributed by atoms with Crippen LogP contribution in [0.5, 0.6) is 0 Å². The molecule has 4 atom stereocenters. The molecular formula is C23H34O2S. The summed E-state index contributed by atoms with van der Waals surface area (Å²) in [6.45, 7) is 14.8. The van der Waals surface area contributed by atoms with Gasteiger partial charge in [-0.3, -0.25) is 4.79 Å². The van der Waals surface area contributed by atoms with Gasteiger partial charge in [0.1, 0.15) is 11.4 Å². The molecular weight excluding hydrogens is 340 g/mol. The fourth-order valence-electron chi connectivity index (χ4n) is 3.71. The van der Waals surface area contributed by atoms with Crippen LogP contribution in [-0.4, -0.2) is 17.3 Å². The maximum atomic E-state index is 13.2. The largest absolute Gasteiger partial charge is 0.461 e. The number of benzene rings is 1. The van der Waals surface area contributed by atoms with E-state index in [-0.39, 0.29) is 22.7 Å². The zero-order chi connectivity index (χ0) is 19.3. The summed E-state index contributed by atoms with van der Waals surface area (Å²) >= 11 is 1.58. The number of ether oxygens (including phenoxy) is 1. The molecule has 0 heterocycles. The molecule has 0 aliphatic heterocycles. The van der Waals surface area contributed by atoms with Crippen molar-refractivity contribution in [1.82, 2.24) is 0 Å². The van der Waals surface area contributed by atoms with Gasteiger partial charge in [-0.1, -0.05) is 65.3 Å². The first-order chi connectivity index (χ1) is 12.2. The average molecular weight is 375 g/mol. The SMILES string of the molecule is C=CC(C)(C)[C@@H](Sc1ccccc1)C(=O)OC1CC(C)CCC1C(C)C. The molecule has 1 aromatic carbocycles. The Kier molecular flexibility index (Phi) is 7.40. The van der Waals surface area contributed by atoms with E-state index in [4.69, 9.17) is 4.74 Å². The molecule has 0 N–H and O–H groups in total. The molecule has 0 aromatic heterocycles. The Bertz CT molecular complexity index is 593. The lowest BCUT2D eigenvalue weighted by Crippen LogP contribution is -2.41. The molecule has 3 heteroatoms.